The minimum atomic E-state index is -1.04. The number of hydrogen-bond acceptors (Lipinski definition) is 4. The molecule has 200 valence electrons. The maximum absolute atomic E-state index is 14.4. The Labute approximate surface area is 225 Å². The van der Waals surface area contributed by atoms with Crippen LogP contribution in [0.2, 0.25) is 0 Å². The monoisotopic (exact) mass is 513 g/mol. The minimum Gasteiger partial charge on any atom is -0.444 e. The molecule has 1 saturated carbocycles. The van der Waals surface area contributed by atoms with Gasteiger partial charge >= 0.3 is 6.09 Å². The van der Waals surface area contributed by atoms with E-state index in [1.54, 1.807) is 7.05 Å². The highest BCUT2D eigenvalue weighted by atomic mass is 16.6. The van der Waals surface area contributed by atoms with Crippen molar-refractivity contribution >= 4 is 18.0 Å². The van der Waals surface area contributed by atoms with E-state index in [0.29, 0.717) is 0 Å². The van der Waals surface area contributed by atoms with Crippen molar-refractivity contribution < 1.29 is 14.3 Å². The molecule has 0 saturated heterocycles. The third-order valence-corrected chi connectivity index (χ3v) is 9.08. The van der Waals surface area contributed by atoms with Gasteiger partial charge in [-0.2, -0.15) is 0 Å². The van der Waals surface area contributed by atoms with Crippen molar-refractivity contribution in [1.29, 1.82) is 0 Å². The third kappa shape index (κ3) is 4.22. The van der Waals surface area contributed by atoms with Crippen LogP contribution in [0.3, 0.4) is 0 Å². The van der Waals surface area contributed by atoms with Gasteiger partial charge in [-0.05, 0) is 99.5 Å². The van der Waals surface area contributed by atoms with Crippen LogP contribution in [0.15, 0.2) is 47.5 Å². The highest BCUT2D eigenvalue weighted by Crippen LogP contribution is 2.61. The van der Waals surface area contributed by atoms with Gasteiger partial charge in [-0.15, -0.1) is 0 Å². The van der Waals surface area contributed by atoms with Gasteiger partial charge in [-0.3, -0.25) is 15.0 Å². The first-order valence-corrected chi connectivity index (χ1v) is 14.2. The van der Waals surface area contributed by atoms with Crippen LogP contribution in [0.4, 0.5) is 4.79 Å². The van der Waals surface area contributed by atoms with Gasteiger partial charge in [0.05, 0.1) is 0 Å². The van der Waals surface area contributed by atoms with E-state index in [9.17, 15) is 9.59 Å². The molecule has 1 heterocycles. The van der Waals surface area contributed by atoms with Gasteiger partial charge in [0, 0.05) is 12.5 Å². The first kappa shape index (κ1) is 25.1. The molecular weight excluding hydrogens is 474 g/mol. The van der Waals surface area contributed by atoms with Crippen molar-refractivity contribution in [3.8, 4) is 0 Å². The lowest BCUT2D eigenvalue weighted by atomic mass is 9.65. The zero-order valence-electron chi connectivity index (χ0n) is 23.1. The number of benzene rings is 2. The number of nitrogens with one attached hydrogen (secondary N) is 1. The summed E-state index contributed by atoms with van der Waals surface area (Å²) in [6, 6.07) is 15.4. The molecule has 2 aromatic rings. The van der Waals surface area contributed by atoms with Gasteiger partial charge in [0.25, 0.3) is 5.91 Å². The molecule has 4 aliphatic rings. The lowest BCUT2D eigenvalue weighted by molar-refractivity contribution is -0.135. The third-order valence-electron chi connectivity index (χ3n) is 9.08. The van der Waals surface area contributed by atoms with Crippen molar-refractivity contribution in [3.05, 3.63) is 70.3 Å². The van der Waals surface area contributed by atoms with Crippen LogP contribution >= 0.6 is 0 Å². The number of guanidine groups is 1. The Bertz CT molecular complexity index is 1290. The number of hydrogen-bond donors (Lipinski definition) is 1. The van der Waals surface area contributed by atoms with Crippen LogP contribution in [0.1, 0.15) is 80.7 Å². The Hall–Kier alpha value is -3.15. The maximum Gasteiger partial charge on any atom is 0.414 e. The zero-order valence-corrected chi connectivity index (χ0v) is 23.1. The van der Waals surface area contributed by atoms with Crippen LogP contribution in [-0.2, 0) is 40.8 Å². The Kier molecular flexibility index (Phi) is 5.93. The van der Waals surface area contributed by atoms with Crippen LogP contribution in [0, 0.1) is 11.3 Å². The number of nitrogens with zero attached hydrogens (tertiary/aromatic N) is 2. The summed E-state index contributed by atoms with van der Waals surface area (Å²) in [6.45, 7) is 5.48. The normalized spacial score (nSPS) is 23.7. The van der Waals surface area contributed by atoms with E-state index in [0.717, 1.165) is 50.0 Å². The molecule has 1 aliphatic heterocycles. The summed E-state index contributed by atoms with van der Waals surface area (Å²) in [5.41, 5.74) is 4.23. The second-order valence-corrected chi connectivity index (χ2v) is 12.8. The van der Waals surface area contributed by atoms with E-state index in [1.807, 2.05) is 20.8 Å². The van der Waals surface area contributed by atoms with E-state index in [4.69, 9.17) is 9.73 Å². The fourth-order valence-corrected chi connectivity index (χ4v) is 6.93. The van der Waals surface area contributed by atoms with Gasteiger partial charge < -0.3 is 4.74 Å². The van der Waals surface area contributed by atoms with Crippen molar-refractivity contribution in [2.75, 3.05) is 7.05 Å². The minimum absolute atomic E-state index is 0.0485. The number of alkyl carbamates (subject to hydrolysis) is 1. The highest BCUT2D eigenvalue weighted by molar-refractivity contribution is 6.12. The number of rotatable bonds is 3. The lowest BCUT2D eigenvalue weighted by Gasteiger charge is -2.40. The Morgan fingerprint density at radius 3 is 2.39 bits per heavy atom. The number of amides is 2. The molecule has 0 unspecified atom stereocenters. The molecule has 0 bridgehead atoms. The number of carbonyl (C=O) groups excluding carboxylic acids is 2. The van der Waals surface area contributed by atoms with Gasteiger partial charge in [0.2, 0.25) is 5.96 Å². The summed E-state index contributed by atoms with van der Waals surface area (Å²) in [5.74, 6) is 1.08. The number of carbonyl (C=O) groups is 2. The molecule has 2 spiro atoms. The quantitative estimate of drug-likeness (QED) is 0.572. The van der Waals surface area contributed by atoms with E-state index in [1.165, 1.54) is 46.4 Å². The van der Waals surface area contributed by atoms with E-state index in [-0.39, 0.29) is 17.3 Å². The summed E-state index contributed by atoms with van der Waals surface area (Å²) < 4.78 is 5.51. The molecule has 2 amide bonds. The predicted octanol–water partition coefficient (Wildman–Crippen LogP) is 5.70. The fraction of sp³-hybridized carbons (Fsp3) is 0.531. The van der Waals surface area contributed by atoms with Crippen LogP contribution in [-0.4, -0.2) is 35.5 Å². The first-order valence-electron chi connectivity index (χ1n) is 14.2. The average molecular weight is 514 g/mol. The average Bonchev–Trinajstić information content (AvgIpc) is 3.64. The van der Waals surface area contributed by atoms with Gasteiger partial charge in [-0.1, -0.05) is 55.3 Å². The number of ether oxygens (including phenoxy) is 1. The van der Waals surface area contributed by atoms with Crippen LogP contribution in [0.25, 0.3) is 0 Å². The fourth-order valence-electron chi connectivity index (χ4n) is 6.93. The Morgan fingerprint density at radius 1 is 1.08 bits per heavy atom. The molecule has 0 radical (unpaired) electrons. The molecule has 3 aliphatic carbocycles. The van der Waals surface area contributed by atoms with E-state index < -0.39 is 17.2 Å². The SMILES string of the molecule is CN1C(=O)[C@]2(N=C1NC(=O)OC(C)(C)C)c1cc(CCC3CC3)ccc1CC21CCc2ccccc2CC1. The maximum atomic E-state index is 14.4. The van der Waals surface area contributed by atoms with E-state index >= 15 is 0 Å². The van der Waals surface area contributed by atoms with Crippen molar-refractivity contribution in [3.63, 3.8) is 0 Å². The second-order valence-electron chi connectivity index (χ2n) is 12.8. The van der Waals surface area contributed by atoms with Crippen LogP contribution in [0.5, 0.6) is 0 Å². The zero-order chi connectivity index (χ0) is 26.7. The van der Waals surface area contributed by atoms with Crippen LogP contribution < -0.4 is 5.32 Å². The van der Waals surface area contributed by atoms with Gasteiger partial charge in [0.15, 0.2) is 5.54 Å². The summed E-state index contributed by atoms with van der Waals surface area (Å²) in [4.78, 5) is 33.9. The van der Waals surface area contributed by atoms with Gasteiger partial charge in [0.1, 0.15) is 5.60 Å². The molecule has 1 fully saturated rings. The highest BCUT2D eigenvalue weighted by Gasteiger charge is 2.66. The summed E-state index contributed by atoms with van der Waals surface area (Å²) >= 11 is 0. The molecule has 1 N–H and O–H groups in total. The van der Waals surface area contributed by atoms with E-state index in [2.05, 4.69) is 47.8 Å². The van der Waals surface area contributed by atoms with Crippen molar-refractivity contribution in [1.82, 2.24) is 10.2 Å². The first-order chi connectivity index (χ1) is 18.1. The van der Waals surface area contributed by atoms with Crippen molar-refractivity contribution in [2.24, 2.45) is 16.3 Å². The number of aliphatic imine (C=N–C) groups is 1. The molecular formula is C32H39N3O3. The molecule has 38 heavy (non-hydrogen) atoms. The predicted molar refractivity (Wildman–Crippen MR) is 148 cm³/mol. The lowest BCUT2D eigenvalue weighted by Crippen LogP contribution is -2.50. The Morgan fingerprint density at radius 2 is 1.76 bits per heavy atom. The summed E-state index contributed by atoms with van der Waals surface area (Å²) in [7, 11) is 1.72. The summed E-state index contributed by atoms with van der Waals surface area (Å²) in [5, 5.41) is 2.81. The Balaban J connectivity index is 1.43. The molecule has 2 aromatic carbocycles. The standard InChI is InChI=1S/C32H39N3O3/c1-30(2,3)38-29(37)33-28-34-32(27(36)35(28)4)26-19-22(12-11-21-9-10-21)13-14-25(26)20-31(32)17-15-23-7-5-6-8-24(23)16-18-31/h5-8,13-14,19,21H,9-12,15-18,20H2,1-4H3,(H,33,34,37)/t32-/m1/s1. The smallest absolute Gasteiger partial charge is 0.414 e. The number of fused-ring (bicyclic) bond motifs is 4. The molecule has 6 heteroatoms. The molecule has 6 rings (SSSR count). The molecule has 6 nitrogen and oxygen atoms in total. The topological polar surface area (TPSA) is 71.0 Å². The largest absolute Gasteiger partial charge is 0.444 e. The molecule has 0 aromatic heterocycles. The second kappa shape index (κ2) is 8.96. The number of aryl methyl sites for hydroxylation is 3. The van der Waals surface area contributed by atoms with Gasteiger partial charge in [-0.25, -0.2) is 9.79 Å². The van der Waals surface area contributed by atoms with Crippen molar-refractivity contribution in [2.45, 2.75) is 89.7 Å². The summed E-state index contributed by atoms with van der Waals surface area (Å²) in [6.07, 6.45) is 8.73. The number of likely N-dealkylation sites (N-methyl/N-ethyl adjacent to an activating group) is 1. The molecule has 1 atom stereocenters.